The van der Waals surface area contributed by atoms with Crippen LogP contribution in [0.4, 0.5) is 5.69 Å². The third kappa shape index (κ3) is 4.25. The van der Waals surface area contributed by atoms with Gasteiger partial charge in [0.15, 0.2) is 5.78 Å². The number of fused-ring (bicyclic) bond motifs is 1. The highest BCUT2D eigenvalue weighted by Gasteiger charge is 2.50. The summed E-state index contributed by atoms with van der Waals surface area (Å²) in [6.07, 6.45) is 2.86. The number of anilines is 1. The van der Waals surface area contributed by atoms with Gasteiger partial charge in [-0.3, -0.25) is 9.59 Å². The van der Waals surface area contributed by atoms with Crippen molar-refractivity contribution in [3.8, 4) is 0 Å². The second-order valence-electron chi connectivity index (χ2n) is 9.25. The molecule has 2 aromatic carbocycles. The summed E-state index contributed by atoms with van der Waals surface area (Å²) in [5.41, 5.74) is 3.35. The number of aryl methyl sites for hydroxylation is 1. The maximum Gasteiger partial charge on any atom is 0.247 e. The third-order valence-corrected chi connectivity index (χ3v) is 7.33. The van der Waals surface area contributed by atoms with Gasteiger partial charge in [0.25, 0.3) is 0 Å². The van der Waals surface area contributed by atoms with Gasteiger partial charge in [-0.15, -0.1) is 0 Å². The van der Waals surface area contributed by atoms with Crippen LogP contribution in [0.3, 0.4) is 0 Å². The standard InChI is InChI=1S/C26H29ClN4O2/c1-18-7-8-22-19(14-18)15-23(29-22)24(32)6-3-11-30-12-9-26(10-13-30)25(33)28-17-31(26)21-5-2-4-20(27)16-21/h2,4-5,7-8,14-16,29H,3,6,9-13,17H2,1H3,(H,28,33). The van der Waals surface area contributed by atoms with Crippen molar-refractivity contribution in [2.24, 2.45) is 0 Å². The predicted octanol–water partition coefficient (Wildman–Crippen LogP) is 4.52. The fourth-order valence-corrected chi connectivity index (χ4v) is 5.40. The molecule has 1 aromatic heterocycles. The maximum absolute atomic E-state index is 12.8. The van der Waals surface area contributed by atoms with Gasteiger partial charge in [-0.2, -0.15) is 0 Å². The number of halogens is 1. The lowest BCUT2D eigenvalue weighted by molar-refractivity contribution is -0.125. The van der Waals surface area contributed by atoms with Crippen molar-refractivity contribution in [3.05, 3.63) is 64.8 Å². The number of benzene rings is 2. The first kappa shape index (κ1) is 22.0. The highest BCUT2D eigenvalue weighted by Crippen LogP contribution is 2.37. The number of aromatic nitrogens is 1. The van der Waals surface area contributed by atoms with Crippen molar-refractivity contribution in [1.29, 1.82) is 0 Å². The second-order valence-corrected chi connectivity index (χ2v) is 9.68. The Morgan fingerprint density at radius 2 is 1.94 bits per heavy atom. The van der Waals surface area contributed by atoms with E-state index in [1.54, 1.807) is 0 Å². The van der Waals surface area contributed by atoms with Crippen LogP contribution in [0.15, 0.2) is 48.5 Å². The van der Waals surface area contributed by atoms with Gasteiger partial charge in [-0.25, -0.2) is 0 Å². The van der Waals surface area contributed by atoms with Gasteiger partial charge in [-0.1, -0.05) is 29.3 Å². The molecule has 0 atom stereocenters. The van der Waals surface area contributed by atoms with Crippen LogP contribution in [-0.4, -0.2) is 53.4 Å². The number of Topliss-reactive ketones (excluding diaryl/α,β-unsaturated/α-hetero) is 1. The molecule has 0 saturated carbocycles. The van der Waals surface area contributed by atoms with Gasteiger partial charge in [0, 0.05) is 41.1 Å². The number of rotatable bonds is 6. The zero-order valence-electron chi connectivity index (χ0n) is 18.9. The number of nitrogens with one attached hydrogen (secondary N) is 2. The molecule has 1 spiro atoms. The van der Waals surface area contributed by atoms with Crippen LogP contribution in [0, 0.1) is 6.92 Å². The molecule has 7 heteroatoms. The van der Waals surface area contributed by atoms with E-state index in [9.17, 15) is 9.59 Å². The molecule has 172 valence electrons. The summed E-state index contributed by atoms with van der Waals surface area (Å²) in [7, 11) is 0. The summed E-state index contributed by atoms with van der Waals surface area (Å²) in [5.74, 6) is 0.256. The fraction of sp³-hybridized carbons (Fsp3) is 0.385. The molecule has 33 heavy (non-hydrogen) atoms. The number of aromatic amines is 1. The van der Waals surface area contributed by atoms with E-state index in [1.165, 1.54) is 5.56 Å². The number of ketones is 1. The van der Waals surface area contributed by atoms with E-state index in [2.05, 4.69) is 33.1 Å². The molecule has 3 heterocycles. The summed E-state index contributed by atoms with van der Waals surface area (Å²) < 4.78 is 0. The monoisotopic (exact) mass is 464 g/mol. The largest absolute Gasteiger partial charge is 0.352 e. The van der Waals surface area contributed by atoms with E-state index in [4.69, 9.17) is 11.6 Å². The van der Waals surface area contributed by atoms with E-state index < -0.39 is 5.54 Å². The number of nitrogens with zero attached hydrogens (tertiary/aromatic N) is 2. The summed E-state index contributed by atoms with van der Waals surface area (Å²) in [6, 6.07) is 15.8. The lowest BCUT2D eigenvalue weighted by Gasteiger charge is -2.43. The average Bonchev–Trinajstić information content (AvgIpc) is 3.36. The molecule has 1 amide bonds. The quantitative estimate of drug-likeness (QED) is 0.526. The first-order chi connectivity index (χ1) is 15.9. The second kappa shape index (κ2) is 8.84. The maximum atomic E-state index is 12.8. The minimum atomic E-state index is -0.514. The normalized spacial score (nSPS) is 18.2. The first-order valence-corrected chi connectivity index (χ1v) is 12.0. The van der Waals surface area contributed by atoms with Crippen LogP contribution in [0.1, 0.15) is 41.7 Å². The summed E-state index contributed by atoms with van der Waals surface area (Å²) in [4.78, 5) is 33.3. The van der Waals surface area contributed by atoms with E-state index in [0.717, 1.165) is 55.5 Å². The molecule has 2 fully saturated rings. The summed E-state index contributed by atoms with van der Waals surface area (Å²) in [6.45, 7) is 5.10. The van der Waals surface area contributed by atoms with Crippen molar-refractivity contribution in [1.82, 2.24) is 15.2 Å². The molecule has 6 nitrogen and oxygen atoms in total. The number of carbonyl (C=O) groups excluding carboxylic acids is 2. The first-order valence-electron chi connectivity index (χ1n) is 11.6. The van der Waals surface area contributed by atoms with Crippen LogP contribution in [0.5, 0.6) is 0 Å². The minimum absolute atomic E-state index is 0.103. The fourth-order valence-electron chi connectivity index (χ4n) is 5.22. The van der Waals surface area contributed by atoms with Gasteiger partial charge >= 0.3 is 0 Å². The van der Waals surface area contributed by atoms with Gasteiger partial charge in [-0.05, 0) is 69.1 Å². The summed E-state index contributed by atoms with van der Waals surface area (Å²) in [5, 5.41) is 4.79. The Morgan fingerprint density at radius 3 is 2.73 bits per heavy atom. The highest BCUT2D eigenvalue weighted by molar-refractivity contribution is 6.30. The van der Waals surface area contributed by atoms with Gasteiger partial charge < -0.3 is 20.1 Å². The summed E-state index contributed by atoms with van der Waals surface area (Å²) >= 11 is 6.20. The Bertz CT molecular complexity index is 1200. The van der Waals surface area contributed by atoms with Crippen LogP contribution in [-0.2, 0) is 4.79 Å². The number of amides is 1. The van der Waals surface area contributed by atoms with Crippen LogP contribution >= 0.6 is 11.6 Å². The molecule has 0 unspecified atom stereocenters. The lowest BCUT2D eigenvalue weighted by Crippen LogP contribution is -2.56. The van der Waals surface area contributed by atoms with E-state index in [0.29, 0.717) is 23.8 Å². The molecule has 0 radical (unpaired) electrons. The zero-order chi connectivity index (χ0) is 23.0. The molecule has 2 saturated heterocycles. The smallest absolute Gasteiger partial charge is 0.247 e. The average molecular weight is 465 g/mol. The predicted molar refractivity (Wildman–Crippen MR) is 132 cm³/mol. The van der Waals surface area contributed by atoms with E-state index in [-0.39, 0.29) is 11.7 Å². The topological polar surface area (TPSA) is 68.4 Å². The minimum Gasteiger partial charge on any atom is -0.352 e. The molecule has 0 aliphatic carbocycles. The SMILES string of the molecule is Cc1ccc2[nH]c(C(=O)CCCN3CCC4(CC3)C(=O)NCN4c3cccc(Cl)c3)cc2c1. The molecule has 5 rings (SSSR count). The van der Waals surface area contributed by atoms with E-state index in [1.807, 2.05) is 42.5 Å². The van der Waals surface area contributed by atoms with Crippen molar-refractivity contribution < 1.29 is 9.59 Å². The third-order valence-electron chi connectivity index (χ3n) is 7.09. The number of H-pyrrole nitrogens is 1. The number of hydrogen-bond donors (Lipinski definition) is 2. The number of hydrogen-bond acceptors (Lipinski definition) is 4. The molecular formula is C26H29ClN4O2. The molecule has 0 bridgehead atoms. The Balaban J connectivity index is 1.16. The van der Waals surface area contributed by atoms with Gasteiger partial charge in [0.1, 0.15) is 5.54 Å². The van der Waals surface area contributed by atoms with Gasteiger partial charge in [0.05, 0.1) is 12.4 Å². The van der Waals surface area contributed by atoms with Crippen molar-refractivity contribution in [2.75, 3.05) is 31.2 Å². The Morgan fingerprint density at radius 1 is 1.12 bits per heavy atom. The van der Waals surface area contributed by atoms with E-state index >= 15 is 0 Å². The zero-order valence-corrected chi connectivity index (χ0v) is 19.6. The molecule has 3 aromatic rings. The van der Waals surface area contributed by atoms with Crippen LogP contribution in [0.2, 0.25) is 5.02 Å². The Labute approximate surface area is 198 Å². The Hall–Kier alpha value is -2.83. The van der Waals surface area contributed by atoms with Gasteiger partial charge in [0.2, 0.25) is 5.91 Å². The van der Waals surface area contributed by atoms with Crippen LogP contribution < -0.4 is 10.2 Å². The number of piperidine rings is 1. The highest BCUT2D eigenvalue weighted by atomic mass is 35.5. The molecule has 2 aliphatic rings. The lowest BCUT2D eigenvalue weighted by atomic mass is 9.85. The molecule has 2 N–H and O–H groups in total. The van der Waals surface area contributed by atoms with Crippen LogP contribution in [0.25, 0.3) is 10.9 Å². The van der Waals surface area contributed by atoms with Crippen molar-refractivity contribution in [2.45, 2.75) is 38.1 Å². The number of carbonyl (C=O) groups is 2. The van der Waals surface area contributed by atoms with Crippen molar-refractivity contribution in [3.63, 3.8) is 0 Å². The van der Waals surface area contributed by atoms with Crippen molar-refractivity contribution >= 4 is 39.9 Å². The molecular weight excluding hydrogens is 436 g/mol. The Kier molecular flexibility index (Phi) is 5.89. The molecule has 2 aliphatic heterocycles. The number of likely N-dealkylation sites (tertiary alicyclic amines) is 1.